The Balaban J connectivity index is 1.04. The number of likely N-dealkylation sites (tertiary alicyclic amines) is 1. The van der Waals surface area contributed by atoms with Crippen molar-refractivity contribution in [3.63, 3.8) is 0 Å². The van der Waals surface area contributed by atoms with E-state index in [9.17, 15) is 26.4 Å². The highest BCUT2D eigenvalue weighted by Crippen LogP contribution is 2.46. The lowest BCUT2D eigenvalue weighted by molar-refractivity contribution is -0.120. The minimum Gasteiger partial charge on any atom is -0.451 e. The van der Waals surface area contributed by atoms with Gasteiger partial charge in [-0.1, -0.05) is 0 Å². The zero-order chi connectivity index (χ0) is 35.1. The number of hydrogen-bond acceptors (Lipinski definition) is 9. The number of sulfonamides is 1. The fourth-order valence-electron chi connectivity index (χ4n) is 7.42. The average Bonchev–Trinajstić information content (AvgIpc) is 3.01. The third-order valence-electron chi connectivity index (χ3n) is 10.4. The van der Waals surface area contributed by atoms with Gasteiger partial charge in [0.05, 0.1) is 29.7 Å². The number of halogens is 3. The first-order chi connectivity index (χ1) is 23.1. The number of hydrogen-bond donors (Lipinski definition) is 1. The molecule has 0 unspecified atom stereocenters. The molecule has 0 radical (unpaired) electrons. The van der Waals surface area contributed by atoms with Gasteiger partial charge in [0.2, 0.25) is 10.0 Å². The van der Waals surface area contributed by atoms with Crippen molar-refractivity contribution in [3.05, 3.63) is 42.1 Å². The van der Waals surface area contributed by atoms with Gasteiger partial charge in [-0.25, -0.2) is 36.3 Å². The first-order valence-corrected chi connectivity index (χ1v) is 18.8. The van der Waals surface area contributed by atoms with Crippen LogP contribution in [0.2, 0.25) is 0 Å². The van der Waals surface area contributed by atoms with Gasteiger partial charge in [-0.15, -0.1) is 0 Å². The van der Waals surface area contributed by atoms with Crippen molar-refractivity contribution < 1.29 is 35.9 Å². The van der Waals surface area contributed by atoms with Crippen LogP contribution in [0, 0.1) is 11.2 Å². The number of amides is 1. The Bertz CT molecular complexity index is 1600. The van der Waals surface area contributed by atoms with E-state index in [0.29, 0.717) is 18.2 Å². The van der Waals surface area contributed by atoms with Gasteiger partial charge in [-0.3, -0.25) is 4.79 Å². The van der Waals surface area contributed by atoms with Crippen LogP contribution in [0.4, 0.5) is 19.0 Å². The third kappa shape index (κ3) is 7.99. The molecular weight excluding hydrogens is 661 g/mol. The lowest BCUT2D eigenvalue weighted by Crippen LogP contribution is -2.61. The second-order valence-corrected chi connectivity index (χ2v) is 17.0. The van der Waals surface area contributed by atoms with E-state index in [2.05, 4.69) is 24.5 Å². The topological polar surface area (TPSA) is 117 Å². The smallest absolute Gasteiger partial charge is 0.258 e. The second kappa shape index (κ2) is 14.0. The summed E-state index contributed by atoms with van der Waals surface area (Å²) in [4.78, 5) is 28.2. The number of rotatable bonds is 11. The van der Waals surface area contributed by atoms with Crippen molar-refractivity contribution in [2.45, 2.75) is 102 Å². The van der Waals surface area contributed by atoms with Crippen LogP contribution >= 0.6 is 0 Å². The van der Waals surface area contributed by atoms with Gasteiger partial charge in [-0.2, -0.15) is 0 Å². The van der Waals surface area contributed by atoms with Gasteiger partial charge >= 0.3 is 0 Å². The van der Waals surface area contributed by atoms with Crippen molar-refractivity contribution in [2.24, 2.45) is 5.41 Å². The molecule has 2 aromatic rings. The van der Waals surface area contributed by atoms with Crippen molar-refractivity contribution in [1.82, 2.24) is 24.5 Å². The molecular formula is C34H47F3N6O5S. The Morgan fingerprint density at radius 1 is 1.12 bits per heavy atom. The van der Waals surface area contributed by atoms with Crippen molar-refractivity contribution in [1.29, 1.82) is 0 Å². The molecule has 1 aromatic heterocycles. The molecule has 4 heterocycles. The van der Waals surface area contributed by atoms with E-state index in [-0.39, 0.29) is 34.9 Å². The molecule has 6 rings (SSSR count). The molecule has 3 aliphatic heterocycles. The highest BCUT2D eigenvalue weighted by Gasteiger charge is 2.50. The molecule has 2 atom stereocenters. The molecule has 270 valence electrons. The van der Waals surface area contributed by atoms with Crippen LogP contribution in [0.1, 0.15) is 76.6 Å². The fraction of sp³-hybridized carbons (Fsp3) is 0.676. The zero-order valence-electron chi connectivity index (χ0n) is 28.6. The summed E-state index contributed by atoms with van der Waals surface area (Å²) >= 11 is 0. The molecule has 1 N–H and O–H groups in total. The molecule has 11 nitrogen and oxygen atoms in total. The van der Waals surface area contributed by atoms with E-state index < -0.39 is 51.8 Å². The van der Waals surface area contributed by atoms with Crippen LogP contribution in [0.3, 0.4) is 0 Å². The molecule has 0 bridgehead atoms. The molecule has 1 aromatic carbocycles. The lowest BCUT2D eigenvalue weighted by Gasteiger charge is -2.54. The van der Waals surface area contributed by atoms with E-state index in [0.717, 1.165) is 64.5 Å². The molecule has 4 fully saturated rings. The fourth-order valence-corrected chi connectivity index (χ4v) is 8.35. The van der Waals surface area contributed by atoms with Crippen LogP contribution in [-0.4, -0.2) is 109 Å². The summed E-state index contributed by atoms with van der Waals surface area (Å²) in [6.45, 7) is 11.5. The molecule has 4 aliphatic rings. The number of carbonyl (C=O) groups excluding carboxylic acids is 1. The number of aromatic nitrogens is 2. The van der Waals surface area contributed by atoms with E-state index in [1.807, 2.05) is 0 Å². The highest BCUT2D eigenvalue weighted by atomic mass is 32.2. The highest BCUT2D eigenvalue weighted by molar-refractivity contribution is 7.90. The van der Waals surface area contributed by atoms with Gasteiger partial charge in [0.25, 0.3) is 11.8 Å². The summed E-state index contributed by atoms with van der Waals surface area (Å²) in [6.07, 6.45) is 5.78. The summed E-state index contributed by atoms with van der Waals surface area (Å²) in [5.74, 6) is -3.00. The maximum absolute atomic E-state index is 14.4. The largest absolute Gasteiger partial charge is 0.451 e. The molecule has 1 amide bonds. The monoisotopic (exact) mass is 708 g/mol. The van der Waals surface area contributed by atoms with Crippen molar-refractivity contribution in [2.75, 3.05) is 44.2 Å². The lowest BCUT2D eigenvalue weighted by atomic mass is 9.72. The Hall–Kier alpha value is -3.01. The number of nitrogens with one attached hydrogen (secondary N) is 1. The van der Waals surface area contributed by atoms with Crippen LogP contribution < -0.4 is 14.4 Å². The molecule has 1 aliphatic carbocycles. The third-order valence-corrected chi connectivity index (χ3v) is 12.3. The van der Waals surface area contributed by atoms with Gasteiger partial charge in [0.1, 0.15) is 17.9 Å². The predicted molar refractivity (Wildman–Crippen MR) is 178 cm³/mol. The van der Waals surface area contributed by atoms with E-state index in [1.165, 1.54) is 29.6 Å². The molecule has 1 saturated carbocycles. The molecule has 49 heavy (non-hydrogen) atoms. The summed E-state index contributed by atoms with van der Waals surface area (Å²) in [5.41, 5.74) is 0.0897. The number of alkyl halides is 2. The Labute approximate surface area is 286 Å². The van der Waals surface area contributed by atoms with Gasteiger partial charge in [-0.05, 0) is 84.7 Å². The minimum atomic E-state index is -3.32. The average molecular weight is 709 g/mol. The molecule has 3 saturated heterocycles. The Kier molecular flexibility index (Phi) is 10.2. The Morgan fingerprint density at radius 2 is 1.84 bits per heavy atom. The number of anilines is 1. The van der Waals surface area contributed by atoms with Gasteiger partial charge in [0, 0.05) is 56.0 Å². The van der Waals surface area contributed by atoms with Gasteiger partial charge < -0.3 is 24.2 Å². The summed E-state index contributed by atoms with van der Waals surface area (Å²) in [5, 5.41) is -0.472. The van der Waals surface area contributed by atoms with Gasteiger partial charge in [0.15, 0.2) is 11.6 Å². The first-order valence-electron chi connectivity index (χ1n) is 17.2. The summed E-state index contributed by atoms with van der Waals surface area (Å²) in [7, 11) is -3.32. The normalized spacial score (nSPS) is 24.1. The number of nitrogens with zero attached hydrogens (tertiary/aromatic N) is 5. The van der Waals surface area contributed by atoms with Crippen LogP contribution in [-0.2, 0) is 14.8 Å². The number of carbonyl (C=O) groups is 1. The van der Waals surface area contributed by atoms with Crippen molar-refractivity contribution >= 4 is 21.7 Å². The van der Waals surface area contributed by atoms with Crippen LogP contribution in [0.15, 0.2) is 30.7 Å². The first kappa shape index (κ1) is 35.8. The number of benzene rings is 1. The van der Waals surface area contributed by atoms with E-state index >= 15 is 0 Å². The maximum atomic E-state index is 14.4. The molecule has 1 spiro atoms. The minimum absolute atomic E-state index is 0.0412. The molecule has 15 heteroatoms. The quantitative estimate of drug-likeness (QED) is 0.350. The second-order valence-electron chi connectivity index (χ2n) is 14.8. The maximum Gasteiger partial charge on any atom is 0.258 e. The van der Waals surface area contributed by atoms with Crippen molar-refractivity contribution in [3.8, 4) is 11.5 Å². The standard InChI is InChI=1S/C34H47F3N6O5S/c1-22(2)43(26-14-34(36,37)15-26)32(44)28-13-24(35)5-8-29(28)48-30-16-38-21-39-31(30)42-19-33(20-42)9-11-41(12-10-33)17-27-7-6-25(18-47-27)40-49(45,46)23(3)4/h5,8,13,16,21-23,25-27,40H,6-7,9-12,14-15,17-20H2,1-4H3/t25-,27+/m1/s1. The van der Waals surface area contributed by atoms with E-state index in [4.69, 9.17) is 9.47 Å². The zero-order valence-corrected chi connectivity index (χ0v) is 29.4. The van der Waals surface area contributed by atoms with Crippen LogP contribution in [0.5, 0.6) is 11.5 Å². The van der Waals surface area contributed by atoms with Crippen LogP contribution in [0.25, 0.3) is 0 Å². The number of piperidine rings is 1. The summed E-state index contributed by atoms with van der Waals surface area (Å²) < 4.78 is 81.3. The Morgan fingerprint density at radius 3 is 2.45 bits per heavy atom. The van der Waals surface area contributed by atoms with E-state index in [1.54, 1.807) is 27.7 Å². The predicted octanol–water partition coefficient (Wildman–Crippen LogP) is 4.83. The number of ether oxygens (including phenoxy) is 2. The SMILES string of the molecule is CC(C)N(C(=O)c1cc(F)ccc1Oc1cncnc1N1CC2(CCN(C[C@@H]3CC[C@@H](NS(=O)(=O)C(C)C)CO3)CC2)C1)C1CC(F)(F)C1. The summed E-state index contributed by atoms with van der Waals surface area (Å²) in [6, 6.07) is 2.47.